The van der Waals surface area contributed by atoms with Crippen LogP contribution < -0.4 is 9.80 Å². The van der Waals surface area contributed by atoms with Crippen molar-refractivity contribution in [2.75, 3.05) is 9.80 Å². The van der Waals surface area contributed by atoms with Crippen LogP contribution in [0.4, 0.5) is 60.5 Å². The number of alkyl halides is 6. The maximum atomic E-state index is 15.0. The standard InChI is InChI=1S/C79H41F6N5O2/c80-78(81,82)60-26-10-20-54-56-22-12-30-66(75(56)91-73(54)60)88(46-36-32-44(42-86)33-37-46)68-40-62-70(51-17-3-1-14-48(51)68)71-52-18-4-2-15-49(52)69(41-63(71)77(62)58-24-6-8-29-65(58)90-64-28-7-5-16-50(64)53-19-9-25-59(77)72(53)90)89(47-38-34-45(43-87)35-39-47)67-31-13-23-57-55-21-11-27-61(79(83,84)85)74(55)92-76(57)67/h1-41H. The molecule has 436 valence electrons. The third-order valence-corrected chi connectivity index (χ3v) is 18.8. The summed E-state index contributed by atoms with van der Waals surface area (Å²) in [5.41, 5.74) is 9.49. The van der Waals surface area contributed by atoms with Gasteiger partial charge in [0.25, 0.3) is 0 Å². The first-order valence-electron chi connectivity index (χ1n) is 29.7. The molecule has 7 nitrogen and oxygen atoms in total. The molecule has 0 saturated carbocycles. The lowest BCUT2D eigenvalue weighted by molar-refractivity contribution is -0.137. The number of hydrogen-bond donors (Lipinski definition) is 0. The first kappa shape index (κ1) is 53.0. The van der Waals surface area contributed by atoms with Gasteiger partial charge in [0.2, 0.25) is 0 Å². The molecule has 2 aliphatic rings. The zero-order valence-corrected chi connectivity index (χ0v) is 48.0. The summed E-state index contributed by atoms with van der Waals surface area (Å²) in [6, 6.07) is 81.8. The highest BCUT2D eigenvalue weighted by molar-refractivity contribution is 6.22. The molecule has 4 heterocycles. The summed E-state index contributed by atoms with van der Waals surface area (Å²) >= 11 is 0. The van der Waals surface area contributed by atoms with E-state index in [-0.39, 0.29) is 22.3 Å². The normalized spacial score (nSPS) is 13.2. The minimum Gasteiger partial charge on any atom is -0.453 e. The first-order chi connectivity index (χ1) is 44.8. The molecule has 92 heavy (non-hydrogen) atoms. The van der Waals surface area contributed by atoms with Crippen LogP contribution in [0.2, 0.25) is 0 Å². The second-order valence-corrected chi connectivity index (χ2v) is 23.4. The van der Waals surface area contributed by atoms with Gasteiger partial charge < -0.3 is 23.2 Å². The molecule has 3 aromatic heterocycles. The predicted molar refractivity (Wildman–Crippen MR) is 350 cm³/mol. The number of halogens is 6. The SMILES string of the molecule is N#Cc1ccc(N(c2cc3c(c4ccccc24)-c2c(cc(N(c4ccc(C#N)cc4)c4cccc5c4oc4c(C(F)(F)F)cccc45)c4ccccc24)C32c3ccccc3-n3c4ccccc4c4cccc2c43)c2cccc3c2oc2c(C(F)(F)F)cccc23)cc1. The predicted octanol–water partition coefficient (Wildman–Crippen LogP) is 22.3. The number of fused-ring (bicyclic) bond motifs is 22. The van der Waals surface area contributed by atoms with Crippen LogP contribution in [-0.4, -0.2) is 4.57 Å². The highest BCUT2D eigenvalue weighted by Gasteiger charge is 2.53. The molecular formula is C79H41F6N5O2. The number of hydrogen-bond acceptors (Lipinski definition) is 6. The van der Waals surface area contributed by atoms with Crippen molar-refractivity contribution < 1.29 is 35.2 Å². The fourth-order valence-electron chi connectivity index (χ4n) is 15.2. The molecule has 0 unspecified atom stereocenters. The zero-order chi connectivity index (χ0) is 62.1. The van der Waals surface area contributed by atoms with Gasteiger partial charge in [0.1, 0.15) is 11.2 Å². The Kier molecular flexibility index (Phi) is 10.9. The van der Waals surface area contributed by atoms with Gasteiger partial charge in [-0.15, -0.1) is 0 Å². The van der Waals surface area contributed by atoms with Crippen molar-refractivity contribution in [1.82, 2.24) is 4.57 Å². The van der Waals surface area contributed by atoms with E-state index in [1.807, 2.05) is 101 Å². The van der Waals surface area contributed by atoms with Crippen LogP contribution in [0.5, 0.6) is 0 Å². The van der Waals surface area contributed by atoms with Gasteiger partial charge in [0.05, 0.1) is 79.3 Å². The number of anilines is 6. The van der Waals surface area contributed by atoms with Crippen molar-refractivity contribution >= 4 is 121 Å². The highest BCUT2D eigenvalue weighted by atomic mass is 19.4. The Balaban J connectivity index is 1.02. The van der Waals surface area contributed by atoms with Gasteiger partial charge >= 0.3 is 12.4 Å². The van der Waals surface area contributed by atoms with E-state index in [4.69, 9.17) is 8.83 Å². The smallest absolute Gasteiger partial charge is 0.420 e. The summed E-state index contributed by atoms with van der Waals surface area (Å²) < 4.78 is 106. The van der Waals surface area contributed by atoms with Gasteiger partial charge in [0.15, 0.2) is 11.2 Å². The fourth-order valence-corrected chi connectivity index (χ4v) is 15.2. The van der Waals surface area contributed by atoms with Crippen molar-refractivity contribution in [2.45, 2.75) is 17.8 Å². The molecule has 0 atom stereocenters. The molecule has 16 aromatic rings. The maximum Gasteiger partial charge on any atom is 0.420 e. The first-order valence-corrected chi connectivity index (χ1v) is 29.7. The number of nitriles is 2. The van der Waals surface area contributed by atoms with Gasteiger partial charge in [-0.3, -0.25) is 0 Å². The van der Waals surface area contributed by atoms with Crippen molar-refractivity contribution in [3.63, 3.8) is 0 Å². The fraction of sp³-hybridized carbons (Fsp3) is 0.0380. The lowest BCUT2D eigenvalue weighted by Crippen LogP contribution is -2.34. The van der Waals surface area contributed by atoms with Gasteiger partial charge in [-0.25, -0.2) is 0 Å². The molecule has 18 rings (SSSR count). The molecule has 1 aliphatic carbocycles. The van der Waals surface area contributed by atoms with Gasteiger partial charge in [-0.1, -0.05) is 152 Å². The van der Waals surface area contributed by atoms with Crippen LogP contribution >= 0.6 is 0 Å². The Morgan fingerprint density at radius 1 is 0.348 bits per heavy atom. The average Bonchev–Trinajstić information content (AvgIpc) is 1.47. The van der Waals surface area contributed by atoms with Gasteiger partial charge in [0, 0.05) is 54.5 Å². The van der Waals surface area contributed by atoms with Gasteiger partial charge in [-0.05, 0) is 141 Å². The molecule has 1 aliphatic heterocycles. The van der Waals surface area contributed by atoms with E-state index in [9.17, 15) is 10.5 Å². The third-order valence-electron chi connectivity index (χ3n) is 18.8. The maximum absolute atomic E-state index is 15.0. The number of furan rings is 2. The molecule has 0 saturated heterocycles. The van der Waals surface area contributed by atoms with E-state index in [0.717, 1.165) is 94.6 Å². The monoisotopic (exact) mass is 1210 g/mol. The molecule has 1 spiro atoms. The summed E-state index contributed by atoms with van der Waals surface area (Å²) in [6.07, 6.45) is -9.45. The minimum atomic E-state index is -4.73. The lowest BCUT2D eigenvalue weighted by Gasteiger charge is -2.40. The van der Waals surface area contributed by atoms with Crippen molar-refractivity contribution in [3.8, 4) is 29.0 Å². The largest absolute Gasteiger partial charge is 0.453 e. The second-order valence-electron chi connectivity index (χ2n) is 23.4. The Bertz CT molecular complexity index is 5700. The second kappa shape index (κ2) is 19.0. The number of nitrogens with zero attached hydrogens (tertiary/aromatic N) is 5. The van der Waals surface area contributed by atoms with E-state index in [0.29, 0.717) is 66.8 Å². The molecule has 0 N–H and O–H groups in total. The Hall–Kier alpha value is -12.1. The highest BCUT2D eigenvalue weighted by Crippen LogP contribution is 2.66. The zero-order valence-electron chi connectivity index (χ0n) is 48.0. The van der Waals surface area contributed by atoms with Crippen molar-refractivity contribution in [1.29, 1.82) is 10.5 Å². The topological polar surface area (TPSA) is 85.3 Å². The molecule has 13 aromatic carbocycles. The van der Waals surface area contributed by atoms with E-state index >= 15 is 26.3 Å². The molecule has 0 bridgehead atoms. The molecule has 0 fully saturated rings. The molecule has 13 heteroatoms. The number of benzene rings is 13. The summed E-state index contributed by atoms with van der Waals surface area (Å²) in [6.45, 7) is 0. The minimum absolute atomic E-state index is 0.219. The summed E-state index contributed by atoms with van der Waals surface area (Å²) in [7, 11) is 0. The van der Waals surface area contributed by atoms with Crippen molar-refractivity contribution in [2.24, 2.45) is 0 Å². The van der Waals surface area contributed by atoms with E-state index in [2.05, 4.69) is 102 Å². The van der Waals surface area contributed by atoms with Crippen LogP contribution in [0.25, 0.3) is 104 Å². The molecule has 0 amide bonds. The summed E-state index contributed by atoms with van der Waals surface area (Å²) in [5, 5.41) is 27.3. The molecule has 0 radical (unpaired) electrons. The van der Waals surface area contributed by atoms with Crippen LogP contribution in [0.1, 0.15) is 44.5 Å². The Morgan fingerprint density at radius 2 is 0.739 bits per heavy atom. The van der Waals surface area contributed by atoms with E-state index in [1.165, 1.54) is 12.1 Å². The Morgan fingerprint density at radius 3 is 1.23 bits per heavy atom. The quantitative estimate of drug-likeness (QED) is 0.154. The molecular weight excluding hydrogens is 1160 g/mol. The number of rotatable bonds is 6. The lowest BCUT2D eigenvalue weighted by atomic mass is 9.65. The number of aromatic nitrogens is 1. The van der Waals surface area contributed by atoms with E-state index in [1.54, 1.807) is 48.5 Å². The Labute approximate surface area is 518 Å². The average molecular weight is 1210 g/mol. The summed E-state index contributed by atoms with van der Waals surface area (Å²) in [4.78, 5) is 4.05. The van der Waals surface area contributed by atoms with E-state index < -0.39 is 28.9 Å². The van der Waals surface area contributed by atoms with Crippen molar-refractivity contribution in [3.05, 3.63) is 293 Å². The van der Waals surface area contributed by atoms with Gasteiger partial charge in [-0.2, -0.15) is 36.9 Å². The van der Waals surface area contributed by atoms with Crippen LogP contribution in [0, 0.1) is 22.7 Å². The third kappa shape index (κ3) is 7.15. The van der Waals surface area contributed by atoms with Crippen LogP contribution in [0.15, 0.2) is 258 Å². The van der Waals surface area contributed by atoms with Crippen LogP contribution in [0.3, 0.4) is 0 Å². The van der Waals surface area contributed by atoms with Crippen LogP contribution in [-0.2, 0) is 17.8 Å². The number of para-hydroxylation sites is 7. The summed E-state index contributed by atoms with van der Waals surface area (Å²) in [5.74, 6) is 0.